The lowest BCUT2D eigenvalue weighted by Crippen LogP contribution is -2.27. The number of anilines is 1. The van der Waals surface area contributed by atoms with Crippen LogP contribution in [0.1, 0.15) is 28.8 Å². The first-order valence-corrected chi connectivity index (χ1v) is 7.93. The molecular weight excluding hydrogens is 290 g/mol. The molecule has 1 heterocycles. The van der Waals surface area contributed by atoms with E-state index in [1.165, 1.54) is 0 Å². The van der Waals surface area contributed by atoms with Crippen LogP contribution >= 0.6 is 0 Å². The summed E-state index contributed by atoms with van der Waals surface area (Å²) < 4.78 is 0. The van der Waals surface area contributed by atoms with Crippen molar-refractivity contribution in [2.45, 2.75) is 31.3 Å². The van der Waals surface area contributed by atoms with Gasteiger partial charge < -0.3 is 15.7 Å². The third-order valence-corrected chi connectivity index (χ3v) is 3.84. The van der Waals surface area contributed by atoms with Gasteiger partial charge in [-0.1, -0.05) is 30.3 Å². The second kappa shape index (κ2) is 7.24. The number of carbonyl (C=O) groups excluding carboxylic acids is 1. The van der Waals surface area contributed by atoms with Crippen molar-refractivity contribution in [2.24, 2.45) is 0 Å². The van der Waals surface area contributed by atoms with Crippen molar-refractivity contribution in [1.82, 2.24) is 10.3 Å². The summed E-state index contributed by atoms with van der Waals surface area (Å²) in [5.74, 6) is 0.581. The Labute approximate surface area is 135 Å². The molecule has 5 heteroatoms. The minimum atomic E-state index is -0.115. The number of carbonyl (C=O) groups is 1. The number of aliphatic hydroxyl groups is 1. The molecule has 0 spiro atoms. The largest absolute Gasteiger partial charge is 0.394 e. The van der Waals surface area contributed by atoms with Gasteiger partial charge in [0, 0.05) is 12.2 Å². The zero-order valence-corrected chi connectivity index (χ0v) is 12.9. The van der Waals surface area contributed by atoms with E-state index in [4.69, 9.17) is 0 Å². The first-order valence-electron chi connectivity index (χ1n) is 7.93. The Bertz CT molecular complexity index is 639. The molecule has 1 aliphatic rings. The quantitative estimate of drug-likeness (QED) is 0.731. The Hall–Kier alpha value is -2.40. The van der Waals surface area contributed by atoms with Gasteiger partial charge in [0.25, 0.3) is 5.91 Å². The highest BCUT2D eigenvalue weighted by Crippen LogP contribution is 2.19. The fourth-order valence-corrected chi connectivity index (χ4v) is 2.38. The van der Waals surface area contributed by atoms with Crippen LogP contribution in [0.5, 0.6) is 0 Å². The van der Waals surface area contributed by atoms with Gasteiger partial charge in [0.1, 0.15) is 5.82 Å². The van der Waals surface area contributed by atoms with E-state index in [1.54, 1.807) is 18.3 Å². The third-order valence-electron chi connectivity index (χ3n) is 3.84. The number of rotatable bonds is 7. The van der Waals surface area contributed by atoms with Gasteiger partial charge in [0.2, 0.25) is 0 Å². The predicted molar refractivity (Wildman–Crippen MR) is 89.4 cm³/mol. The first kappa shape index (κ1) is 15.5. The molecule has 23 heavy (non-hydrogen) atoms. The number of amides is 1. The van der Waals surface area contributed by atoms with Crippen LogP contribution in [0.15, 0.2) is 48.7 Å². The molecule has 1 fully saturated rings. The number of hydrogen-bond donors (Lipinski definition) is 3. The van der Waals surface area contributed by atoms with Crippen LogP contribution in [0.25, 0.3) is 0 Å². The molecule has 1 saturated carbocycles. The summed E-state index contributed by atoms with van der Waals surface area (Å²) in [4.78, 5) is 16.2. The second-order valence-electron chi connectivity index (χ2n) is 5.89. The smallest absolute Gasteiger partial charge is 0.253 e. The van der Waals surface area contributed by atoms with Crippen molar-refractivity contribution in [1.29, 1.82) is 0 Å². The van der Waals surface area contributed by atoms with E-state index in [0.29, 0.717) is 23.8 Å². The van der Waals surface area contributed by atoms with Crippen LogP contribution < -0.4 is 10.6 Å². The highest BCUT2D eigenvalue weighted by Gasteiger charge is 2.23. The fraction of sp³-hybridized carbons (Fsp3) is 0.333. The monoisotopic (exact) mass is 311 g/mol. The number of aromatic nitrogens is 1. The van der Waals surface area contributed by atoms with Crippen molar-refractivity contribution >= 4 is 11.7 Å². The van der Waals surface area contributed by atoms with Gasteiger partial charge in [0.15, 0.2) is 0 Å². The van der Waals surface area contributed by atoms with Crippen molar-refractivity contribution in [3.63, 3.8) is 0 Å². The number of aliphatic hydroxyl groups excluding tert-OH is 1. The predicted octanol–water partition coefficient (Wildman–Crippen LogP) is 1.99. The van der Waals surface area contributed by atoms with E-state index in [2.05, 4.69) is 15.6 Å². The van der Waals surface area contributed by atoms with Crippen molar-refractivity contribution in [2.75, 3.05) is 11.9 Å². The molecular formula is C18H21N3O2. The molecule has 0 aliphatic heterocycles. The summed E-state index contributed by atoms with van der Waals surface area (Å²) in [7, 11) is 0. The first-order chi connectivity index (χ1) is 11.2. The molecule has 3 N–H and O–H groups in total. The van der Waals surface area contributed by atoms with Gasteiger partial charge in [-0.25, -0.2) is 4.98 Å². The normalized spacial score (nSPS) is 15.0. The van der Waals surface area contributed by atoms with E-state index in [-0.39, 0.29) is 18.6 Å². The average molecular weight is 311 g/mol. The lowest BCUT2D eigenvalue weighted by Gasteiger charge is -2.17. The molecule has 1 amide bonds. The summed E-state index contributed by atoms with van der Waals surface area (Å²) in [5, 5.41) is 15.7. The average Bonchev–Trinajstić information content (AvgIpc) is 3.40. The van der Waals surface area contributed by atoms with Crippen molar-refractivity contribution < 1.29 is 9.90 Å². The zero-order valence-electron chi connectivity index (χ0n) is 12.9. The number of nitrogens with zero attached hydrogens (tertiary/aromatic N) is 1. The van der Waals surface area contributed by atoms with Gasteiger partial charge >= 0.3 is 0 Å². The molecule has 1 aliphatic carbocycles. The number of hydrogen-bond acceptors (Lipinski definition) is 4. The van der Waals surface area contributed by atoms with Gasteiger partial charge in [-0.3, -0.25) is 4.79 Å². The molecule has 0 radical (unpaired) electrons. The van der Waals surface area contributed by atoms with E-state index < -0.39 is 0 Å². The molecule has 5 nitrogen and oxygen atoms in total. The molecule has 120 valence electrons. The Balaban J connectivity index is 1.58. The molecule has 1 atom stereocenters. The summed E-state index contributed by atoms with van der Waals surface area (Å²) in [6, 6.07) is 13.7. The third kappa shape index (κ3) is 4.53. The van der Waals surface area contributed by atoms with Crippen LogP contribution in [0.3, 0.4) is 0 Å². The van der Waals surface area contributed by atoms with Crippen molar-refractivity contribution in [3.05, 3.63) is 59.8 Å². The standard InChI is InChI=1S/C18H21N3O2/c22-12-16(10-13-4-2-1-3-5-13)20-17-9-6-14(11-19-17)18(23)21-15-7-8-15/h1-6,9,11,15-16,22H,7-8,10,12H2,(H,19,20)(H,21,23)/t16-/m0/s1. The SMILES string of the molecule is O=C(NC1CC1)c1ccc(N[C@H](CO)Cc2ccccc2)nc1. The highest BCUT2D eigenvalue weighted by atomic mass is 16.3. The summed E-state index contributed by atoms with van der Waals surface area (Å²) in [6.45, 7) is 0.0144. The highest BCUT2D eigenvalue weighted by molar-refractivity contribution is 5.94. The Morgan fingerprint density at radius 2 is 2.00 bits per heavy atom. The van der Waals surface area contributed by atoms with Crippen molar-refractivity contribution in [3.8, 4) is 0 Å². The maximum Gasteiger partial charge on any atom is 0.253 e. The Morgan fingerprint density at radius 1 is 1.22 bits per heavy atom. The second-order valence-corrected chi connectivity index (χ2v) is 5.89. The minimum absolute atomic E-state index is 0.0144. The van der Waals surface area contributed by atoms with Crippen LogP contribution in [-0.2, 0) is 6.42 Å². The number of benzene rings is 1. The maximum atomic E-state index is 11.9. The van der Waals surface area contributed by atoms with Gasteiger partial charge in [-0.2, -0.15) is 0 Å². The van der Waals surface area contributed by atoms with Crippen LogP contribution in [0, 0.1) is 0 Å². The van der Waals surface area contributed by atoms with Gasteiger partial charge in [-0.15, -0.1) is 0 Å². The Morgan fingerprint density at radius 3 is 2.61 bits per heavy atom. The zero-order chi connectivity index (χ0) is 16.1. The summed E-state index contributed by atoms with van der Waals surface area (Å²) in [5.41, 5.74) is 1.71. The molecule has 1 aromatic carbocycles. The van der Waals surface area contributed by atoms with Crippen LogP contribution in [0.2, 0.25) is 0 Å². The number of nitrogens with one attached hydrogen (secondary N) is 2. The van der Waals surface area contributed by atoms with Gasteiger partial charge in [-0.05, 0) is 37.0 Å². The molecule has 3 rings (SSSR count). The topological polar surface area (TPSA) is 74.2 Å². The summed E-state index contributed by atoms with van der Waals surface area (Å²) >= 11 is 0. The molecule has 2 aromatic rings. The Kier molecular flexibility index (Phi) is 4.88. The summed E-state index contributed by atoms with van der Waals surface area (Å²) in [6.07, 6.45) is 4.41. The van der Waals surface area contributed by atoms with E-state index >= 15 is 0 Å². The molecule has 1 aromatic heterocycles. The lowest BCUT2D eigenvalue weighted by atomic mass is 10.1. The molecule has 0 bridgehead atoms. The number of pyridine rings is 1. The van der Waals surface area contributed by atoms with Crippen LogP contribution in [-0.4, -0.2) is 34.7 Å². The van der Waals surface area contributed by atoms with E-state index in [0.717, 1.165) is 18.4 Å². The van der Waals surface area contributed by atoms with Gasteiger partial charge in [0.05, 0.1) is 18.2 Å². The lowest BCUT2D eigenvalue weighted by molar-refractivity contribution is 0.0950. The van der Waals surface area contributed by atoms with Crippen LogP contribution in [0.4, 0.5) is 5.82 Å². The molecule has 0 saturated heterocycles. The maximum absolute atomic E-state index is 11.9. The van der Waals surface area contributed by atoms with E-state index in [1.807, 2.05) is 30.3 Å². The minimum Gasteiger partial charge on any atom is -0.394 e. The van der Waals surface area contributed by atoms with E-state index in [9.17, 15) is 9.90 Å². The molecule has 0 unspecified atom stereocenters. The fourth-order valence-electron chi connectivity index (χ4n) is 2.38.